The van der Waals surface area contributed by atoms with Crippen LogP contribution in [0.15, 0.2) is 14.5 Å². The van der Waals surface area contributed by atoms with Gasteiger partial charge >= 0.3 is 0 Å². The molecule has 3 atom stereocenters. The minimum Gasteiger partial charge on any atom is -0.385 e. The highest BCUT2D eigenvalue weighted by molar-refractivity contribution is 7.94. The largest absolute Gasteiger partial charge is 0.385 e. The number of thiophene rings is 1. The number of likely N-dealkylation sites (N-methyl/N-ethyl adjacent to an activating group) is 1. The summed E-state index contributed by atoms with van der Waals surface area (Å²) in [4.78, 5) is 12.4. The highest BCUT2D eigenvalue weighted by Crippen LogP contribution is 2.40. The summed E-state index contributed by atoms with van der Waals surface area (Å²) in [6.07, 6.45) is -0.229. The summed E-state index contributed by atoms with van der Waals surface area (Å²) < 4.78 is 66.1. The Morgan fingerprint density at radius 3 is 2.62 bits per heavy atom. The summed E-state index contributed by atoms with van der Waals surface area (Å²) in [6.45, 7) is 8.47. The summed E-state index contributed by atoms with van der Waals surface area (Å²) in [6, 6.07) is 0.0359. The lowest BCUT2D eigenvalue weighted by atomic mass is 10.1. The SMILES string of the molecule is CCN[C@H]1CN(CCCOC)S(=O)(=O)c2sc(S(=O)(=O)NC(C)C(=O)[C@H](C)OCC)cc21. The molecule has 13 heteroatoms. The van der Waals surface area contributed by atoms with Crippen LogP contribution in [0.1, 0.15) is 45.7 Å². The predicted octanol–water partition coefficient (Wildman–Crippen LogP) is 1.10. The Hall–Kier alpha value is -0.930. The number of ketones is 1. The van der Waals surface area contributed by atoms with Gasteiger partial charge in [0.15, 0.2) is 5.78 Å². The fourth-order valence-electron chi connectivity index (χ4n) is 3.51. The Morgan fingerprint density at radius 1 is 1.34 bits per heavy atom. The van der Waals surface area contributed by atoms with Crippen molar-refractivity contribution in [1.82, 2.24) is 14.3 Å². The minimum absolute atomic E-state index is 0.00848. The zero-order valence-corrected chi connectivity index (χ0v) is 21.5. The van der Waals surface area contributed by atoms with Crippen LogP contribution in [0.5, 0.6) is 0 Å². The number of nitrogens with one attached hydrogen (secondary N) is 2. The van der Waals surface area contributed by atoms with Crippen LogP contribution in [-0.2, 0) is 34.3 Å². The van der Waals surface area contributed by atoms with Crippen LogP contribution in [0.4, 0.5) is 0 Å². The van der Waals surface area contributed by atoms with Crippen molar-refractivity contribution >= 4 is 37.2 Å². The Balaban J connectivity index is 2.35. The van der Waals surface area contributed by atoms with Gasteiger partial charge in [0.2, 0.25) is 0 Å². The van der Waals surface area contributed by atoms with Crippen molar-refractivity contribution < 1.29 is 31.1 Å². The zero-order valence-electron chi connectivity index (χ0n) is 19.1. The molecule has 0 saturated heterocycles. The number of Topliss-reactive ketones (excluding diaryl/α,β-unsaturated/α-hetero) is 1. The number of sulfonamides is 2. The van der Waals surface area contributed by atoms with Gasteiger partial charge in [0.05, 0.1) is 6.04 Å². The van der Waals surface area contributed by atoms with Gasteiger partial charge in [0.1, 0.15) is 14.5 Å². The second kappa shape index (κ2) is 11.5. The van der Waals surface area contributed by atoms with Crippen molar-refractivity contribution in [3.05, 3.63) is 11.6 Å². The van der Waals surface area contributed by atoms with Gasteiger partial charge in [-0.2, -0.15) is 4.31 Å². The molecule has 2 heterocycles. The molecular formula is C19H33N3O7S3. The monoisotopic (exact) mass is 511 g/mol. The van der Waals surface area contributed by atoms with Gasteiger partial charge in [-0.25, -0.2) is 21.6 Å². The van der Waals surface area contributed by atoms with Crippen molar-refractivity contribution in [1.29, 1.82) is 0 Å². The van der Waals surface area contributed by atoms with Crippen LogP contribution >= 0.6 is 11.3 Å². The van der Waals surface area contributed by atoms with E-state index >= 15 is 0 Å². The molecule has 0 spiro atoms. The van der Waals surface area contributed by atoms with Crippen LogP contribution in [0.2, 0.25) is 0 Å². The summed E-state index contributed by atoms with van der Waals surface area (Å²) in [7, 11) is -6.40. The quantitative estimate of drug-likeness (QED) is 0.377. The molecule has 1 aliphatic heterocycles. The molecule has 0 fully saturated rings. The number of hydrogen-bond donors (Lipinski definition) is 2. The van der Waals surface area contributed by atoms with Crippen molar-refractivity contribution in [3.8, 4) is 0 Å². The third kappa shape index (κ3) is 6.14. The standard InChI is InChI=1S/C19H33N3O7S3/c1-6-20-16-12-22(9-8-10-28-5)32(26,27)19-15(16)11-17(30-19)31(24,25)21-13(3)18(23)14(4)29-7-2/h11,13-14,16,20-21H,6-10,12H2,1-5H3/t13?,14-,16-/m0/s1. The molecule has 2 rings (SSSR count). The maximum Gasteiger partial charge on any atom is 0.252 e. The number of methoxy groups -OCH3 is 1. The fraction of sp³-hybridized carbons (Fsp3) is 0.737. The van der Waals surface area contributed by atoms with Gasteiger partial charge in [-0.15, -0.1) is 11.3 Å². The lowest BCUT2D eigenvalue weighted by molar-refractivity contribution is -0.130. The lowest BCUT2D eigenvalue weighted by Gasteiger charge is -2.32. The Morgan fingerprint density at radius 2 is 2.03 bits per heavy atom. The van der Waals surface area contributed by atoms with E-state index in [0.29, 0.717) is 43.1 Å². The molecule has 0 aliphatic carbocycles. The van der Waals surface area contributed by atoms with Crippen LogP contribution < -0.4 is 10.0 Å². The number of nitrogens with zero attached hydrogens (tertiary/aromatic N) is 1. The first-order valence-corrected chi connectivity index (χ1v) is 14.3. The first-order chi connectivity index (χ1) is 15.0. The van der Waals surface area contributed by atoms with Gasteiger partial charge in [-0.3, -0.25) is 4.79 Å². The molecule has 32 heavy (non-hydrogen) atoms. The van der Waals surface area contributed by atoms with Crippen LogP contribution in [-0.4, -0.2) is 79.0 Å². The fourth-order valence-corrected chi connectivity index (χ4v) is 8.62. The normalized spacial score (nSPS) is 20.6. The van der Waals surface area contributed by atoms with E-state index in [2.05, 4.69) is 10.0 Å². The van der Waals surface area contributed by atoms with Crippen molar-refractivity contribution in [2.75, 3.05) is 40.0 Å². The number of rotatable bonds is 13. The van der Waals surface area contributed by atoms with E-state index in [0.717, 1.165) is 0 Å². The Kier molecular flexibility index (Phi) is 9.79. The van der Waals surface area contributed by atoms with Crippen molar-refractivity contribution in [2.45, 2.75) is 60.7 Å². The van der Waals surface area contributed by atoms with E-state index in [-0.39, 0.29) is 27.5 Å². The van der Waals surface area contributed by atoms with Gasteiger partial charge in [-0.05, 0) is 39.8 Å². The molecule has 0 amide bonds. The molecule has 1 aromatic rings. The smallest absolute Gasteiger partial charge is 0.252 e. The minimum atomic E-state index is -4.11. The van der Waals surface area contributed by atoms with Crippen LogP contribution in [0, 0.1) is 0 Å². The maximum atomic E-state index is 13.2. The highest BCUT2D eigenvalue weighted by atomic mass is 32.3. The van der Waals surface area contributed by atoms with Gasteiger partial charge in [0.25, 0.3) is 20.0 Å². The van der Waals surface area contributed by atoms with E-state index in [1.807, 2.05) is 6.92 Å². The molecule has 1 unspecified atom stereocenters. The topological polar surface area (TPSA) is 131 Å². The molecule has 2 N–H and O–H groups in total. The third-order valence-electron chi connectivity index (χ3n) is 5.09. The molecule has 0 aromatic carbocycles. The third-order valence-corrected chi connectivity index (χ3v) is 10.6. The number of hydrogen-bond acceptors (Lipinski definition) is 9. The van der Waals surface area contributed by atoms with Gasteiger partial charge in [-0.1, -0.05) is 6.92 Å². The molecule has 0 radical (unpaired) electrons. The zero-order chi connectivity index (χ0) is 24.1. The maximum absolute atomic E-state index is 13.2. The van der Waals surface area contributed by atoms with Gasteiger partial charge < -0.3 is 14.8 Å². The Bertz CT molecular complexity index is 992. The molecule has 0 saturated carbocycles. The predicted molar refractivity (Wildman–Crippen MR) is 122 cm³/mol. The van der Waals surface area contributed by atoms with E-state index < -0.39 is 38.0 Å². The highest BCUT2D eigenvalue weighted by Gasteiger charge is 2.40. The summed E-state index contributed by atoms with van der Waals surface area (Å²) >= 11 is 0.700. The Labute approximate surface area is 194 Å². The van der Waals surface area contributed by atoms with E-state index in [1.54, 1.807) is 21.0 Å². The van der Waals surface area contributed by atoms with E-state index in [1.165, 1.54) is 17.3 Å². The second-order valence-electron chi connectivity index (χ2n) is 7.47. The average Bonchev–Trinajstić information content (AvgIpc) is 3.19. The van der Waals surface area contributed by atoms with Gasteiger partial charge in [0, 0.05) is 45.0 Å². The first kappa shape index (κ1) is 27.3. The van der Waals surface area contributed by atoms with Crippen molar-refractivity contribution in [2.24, 2.45) is 0 Å². The lowest BCUT2D eigenvalue weighted by Crippen LogP contribution is -2.43. The van der Waals surface area contributed by atoms with Crippen molar-refractivity contribution in [3.63, 3.8) is 0 Å². The number of carbonyl (C=O) groups excluding carboxylic acids is 1. The summed E-state index contributed by atoms with van der Waals surface area (Å²) in [5, 5.41) is 3.24. The summed E-state index contributed by atoms with van der Waals surface area (Å²) in [5.41, 5.74) is 0.432. The van der Waals surface area contributed by atoms with Crippen LogP contribution in [0.3, 0.4) is 0 Å². The molecule has 0 bridgehead atoms. The van der Waals surface area contributed by atoms with E-state index in [4.69, 9.17) is 9.47 Å². The molecule has 184 valence electrons. The second-order valence-corrected chi connectivity index (χ2v) is 12.6. The van der Waals surface area contributed by atoms with Crippen LogP contribution in [0.25, 0.3) is 0 Å². The number of fused-ring (bicyclic) bond motifs is 1. The first-order valence-electron chi connectivity index (χ1n) is 10.5. The molecule has 1 aromatic heterocycles. The van der Waals surface area contributed by atoms with E-state index in [9.17, 15) is 21.6 Å². The molecule has 10 nitrogen and oxygen atoms in total. The average molecular weight is 512 g/mol. The molecule has 1 aliphatic rings. The summed E-state index contributed by atoms with van der Waals surface area (Å²) in [5.74, 6) is -0.404. The number of carbonyl (C=O) groups is 1. The molecular weight excluding hydrogens is 478 g/mol. The number of ether oxygens (including phenoxy) is 2.